The number of halogens is 1. The first kappa shape index (κ1) is 14.5. The van der Waals surface area contributed by atoms with E-state index in [9.17, 15) is 0 Å². The van der Waals surface area contributed by atoms with Gasteiger partial charge in [0, 0.05) is 19.2 Å². The quantitative estimate of drug-likeness (QED) is 0.812. The number of anilines is 1. The van der Waals surface area contributed by atoms with Gasteiger partial charge in [0.25, 0.3) is 0 Å². The summed E-state index contributed by atoms with van der Waals surface area (Å²) in [7, 11) is 0. The molecule has 1 aliphatic carbocycles. The third-order valence-corrected chi connectivity index (χ3v) is 3.75. The monoisotopic (exact) mass is 283 g/mol. The normalized spacial score (nSPS) is 22.7. The first-order chi connectivity index (χ1) is 9.17. The van der Waals surface area contributed by atoms with Gasteiger partial charge in [-0.3, -0.25) is 0 Å². The number of aromatic nitrogens is 2. The maximum atomic E-state index is 6.00. The van der Waals surface area contributed by atoms with Crippen LogP contribution >= 0.6 is 11.6 Å². The van der Waals surface area contributed by atoms with E-state index in [1.807, 2.05) is 6.92 Å². The highest BCUT2D eigenvalue weighted by Gasteiger charge is 2.21. The molecule has 2 unspecified atom stereocenters. The molecule has 0 bridgehead atoms. The molecule has 106 valence electrons. The molecule has 1 heterocycles. The molecule has 1 aromatic rings. The van der Waals surface area contributed by atoms with E-state index in [0.717, 1.165) is 24.2 Å². The minimum absolute atomic E-state index is 0.409. The van der Waals surface area contributed by atoms with Crippen LogP contribution in [-0.2, 0) is 11.3 Å². The van der Waals surface area contributed by atoms with E-state index < -0.39 is 0 Å². The zero-order valence-corrected chi connectivity index (χ0v) is 12.4. The predicted molar refractivity (Wildman–Crippen MR) is 77.4 cm³/mol. The SMILES string of the molecule is CCOCc1nc(Cl)cc(NCC2CCC(C)C2)n1. The summed E-state index contributed by atoms with van der Waals surface area (Å²) in [5.41, 5.74) is 0. The van der Waals surface area contributed by atoms with E-state index in [-0.39, 0.29) is 0 Å². The van der Waals surface area contributed by atoms with Gasteiger partial charge in [0.15, 0.2) is 5.82 Å². The Balaban J connectivity index is 1.90. The second-order valence-electron chi connectivity index (χ2n) is 5.29. The molecule has 2 rings (SSSR count). The first-order valence-electron chi connectivity index (χ1n) is 7.02. The lowest BCUT2D eigenvalue weighted by Gasteiger charge is -2.12. The van der Waals surface area contributed by atoms with Gasteiger partial charge in [-0.15, -0.1) is 0 Å². The van der Waals surface area contributed by atoms with Crippen molar-refractivity contribution in [1.82, 2.24) is 9.97 Å². The molecule has 2 atom stereocenters. The molecule has 19 heavy (non-hydrogen) atoms. The molecule has 1 aliphatic rings. The van der Waals surface area contributed by atoms with Crippen LogP contribution in [-0.4, -0.2) is 23.1 Å². The topological polar surface area (TPSA) is 47.0 Å². The standard InChI is InChI=1S/C14H22ClN3O/c1-3-19-9-14-17-12(15)7-13(18-14)16-8-11-5-4-10(2)6-11/h7,10-11H,3-6,8-9H2,1-2H3,(H,16,17,18). The molecule has 0 radical (unpaired) electrons. The van der Waals surface area contributed by atoms with E-state index in [2.05, 4.69) is 22.2 Å². The highest BCUT2D eigenvalue weighted by atomic mass is 35.5. The van der Waals surface area contributed by atoms with Crippen molar-refractivity contribution in [3.63, 3.8) is 0 Å². The van der Waals surface area contributed by atoms with Crippen LogP contribution in [0.3, 0.4) is 0 Å². The van der Waals surface area contributed by atoms with Crippen LogP contribution in [0, 0.1) is 11.8 Å². The van der Waals surface area contributed by atoms with Crippen molar-refractivity contribution in [1.29, 1.82) is 0 Å². The molecule has 0 amide bonds. The van der Waals surface area contributed by atoms with Gasteiger partial charge in [-0.25, -0.2) is 9.97 Å². The Labute approximate surface area is 119 Å². The average molecular weight is 284 g/mol. The summed E-state index contributed by atoms with van der Waals surface area (Å²) in [5, 5.41) is 3.84. The minimum atomic E-state index is 0.409. The minimum Gasteiger partial charge on any atom is -0.374 e. The number of nitrogens with one attached hydrogen (secondary N) is 1. The fourth-order valence-corrected chi connectivity index (χ4v) is 2.77. The molecule has 0 saturated heterocycles. The Kier molecular flexibility index (Phi) is 5.40. The number of hydrogen-bond acceptors (Lipinski definition) is 4. The fourth-order valence-electron chi connectivity index (χ4n) is 2.57. The second-order valence-corrected chi connectivity index (χ2v) is 5.68. The van der Waals surface area contributed by atoms with Crippen LogP contribution in [0.25, 0.3) is 0 Å². The van der Waals surface area contributed by atoms with E-state index in [4.69, 9.17) is 16.3 Å². The highest BCUT2D eigenvalue weighted by molar-refractivity contribution is 6.29. The lowest BCUT2D eigenvalue weighted by molar-refractivity contribution is 0.128. The average Bonchev–Trinajstić information content (AvgIpc) is 2.79. The summed E-state index contributed by atoms with van der Waals surface area (Å²) in [6.45, 7) is 6.29. The molecule has 0 aliphatic heterocycles. The smallest absolute Gasteiger partial charge is 0.158 e. The lowest BCUT2D eigenvalue weighted by Crippen LogP contribution is -2.13. The van der Waals surface area contributed by atoms with Crippen molar-refractivity contribution in [2.24, 2.45) is 11.8 Å². The maximum absolute atomic E-state index is 6.00. The van der Waals surface area contributed by atoms with E-state index in [1.54, 1.807) is 6.07 Å². The third-order valence-electron chi connectivity index (χ3n) is 3.55. The van der Waals surface area contributed by atoms with E-state index in [0.29, 0.717) is 24.2 Å². The number of ether oxygens (including phenoxy) is 1. The van der Waals surface area contributed by atoms with Crippen LogP contribution in [0.2, 0.25) is 5.15 Å². The zero-order chi connectivity index (χ0) is 13.7. The molecule has 5 heteroatoms. The second kappa shape index (κ2) is 7.06. The predicted octanol–water partition coefficient (Wildman–Crippen LogP) is 3.51. The molecular formula is C14H22ClN3O. The van der Waals surface area contributed by atoms with Crippen molar-refractivity contribution < 1.29 is 4.74 Å². The summed E-state index contributed by atoms with van der Waals surface area (Å²) in [5.74, 6) is 3.04. The molecule has 4 nitrogen and oxygen atoms in total. The molecule has 1 saturated carbocycles. The fraction of sp³-hybridized carbons (Fsp3) is 0.714. The Hall–Kier alpha value is -0.870. The van der Waals surface area contributed by atoms with Gasteiger partial charge >= 0.3 is 0 Å². The largest absolute Gasteiger partial charge is 0.374 e. The summed E-state index contributed by atoms with van der Waals surface area (Å²) < 4.78 is 5.31. The zero-order valence-electron chi connectivity index (χ0n) is 11.7. The first-order valence-corrected chi connectivity index (χ1v) is 7.40. The van der Waals surface area contributed by atoms with E-state index in [1.165, 1.54) is 19.3 Å². The van der Waals surface area contributed by atoms with E-state index >= 15 is 0 Å². The molecule has 0 aromatic carbocycles. The lowest BCUT2D eigenvalue weighted by atomic mass is 10.1. The Bertz CT molecular complexity index is 414. The van der Waals surface area contributed by atoms with Crippen molar-refractivity contribution in [3.8, 4) is 0 Å². The van der Waals surface area contributed by atoms with Crippen molar-refractivity contribution in [3.05, 3.63) is 17.0 Å². The van der Waals surface area contributed by atoms with Gasteiger partial charge in [0.1, 0.15) is 17.6 Å². The molecule has 1 N–H and O–H groups in total. The van der Waals surface area contributed by atoms with Gasteiger partial charge in [0.05, 0.1) is 0 Å². The third kappa shape index (κ3) is 4.62. The van der Waals surface area contributed by atoms with Gasteiger partial charge in [0.2, 0.25) is 0 Å². The van der Waals surface area contributed by atoms with Crippen molar-refractivity contribution >= 4 is 17.4 Å². The van der Waals surface area contributed by atoms with Crippen LogP contribution in [0.15, 0.2) is 6.07 Å². The van der Waals surface area contributed by atoms with Gasteiger partial charge in [-0.05, 0) is 31.6 Å². The number of hydrogen-bond donors (Lipinski definition) is 1. The Morgan fingerprint density at radius 3 is 2.95 bits per heavy atom. The summed E-state index contributed by atoms with van der Waals surface area (Å²) in [6, 6.07) is 1.77. The summed E-state index contributed by atoms with van der Waals surface area (Å²) in [6.07, 6.45) is 3.95. The molecule has 1 aromatic heterocycles. The molecule has 1 fully saturated rings. The Morgan fingerprint density at radius 1 is 1.42 bits per heavy atom. The Morgan fingerprint density at radius 2 is 2.26 bits per heavy atom. The maximum Gasteiger partial charge on any atom is 0.158 e. The van der Waals surface area contributed by atoms with Crippen molar-refractivity contribution in [2.75, 3.05) is 18.5 Å². The highest BCUT2D eigenvalue weighted by Crippen LogP contribution is 2.30. The van der Waals surface area contributed by atoms with Crippen LogP contribution < -0.4 is 5.32 Å². The van der Waals surface area contributed by atoms with Crippen LogP contribution in [0.4, 0.5) is 5.82 Å². The molecular weight excluding hydrogens is 262 g/mol. The molecule has 0 spiro atoms. The summed E-state index contributed by atoms with van der Waals surface area (Å²) in [4.78, 5) is 8.57. The van der Waals surface area contributed by atoms with Gasteiger partial charge < -0.3 is 10.1 Å². The van der Waals surface area contributed by atoms with Crippen molar-refractivity contribution in [2.45, 2.75) is 39.7 Å². The van der Waals surface area contributed by atoms with Crippen LogP contribution in [0.5, 0.6) is 0 Å². The number of rotatable bonds is 6. The van der Waals surface area contributed by atoms with Gasteiger partial charge in [-0.2, -0.15) is 0 Å². The number of nitrogens with zero attached hydrogens (tertiary/aromatic N) is 2. The van der Waals surface area contributed by atoms with Crippen LogP contribution in [0.1, 0.15) is 38.9 Å². The summed E-state index contributed by atoms with van der Waals surface area (Å²) >= 11 is 6.00. The van der Waals surface area contributed by atoms with Gasteiger partial charge in [-0.1, -0.05) is 24.9 Å².